The number of carbonyl (C=O) groups is 1. The normalized spacial score (nSPS) is 11.4. The summed E-state index contributed by atoms with van der Waals surface area (Å²) in [5.74, 6) is 0.406. The standard InChI is InChI=1S/C16H15N3O6S/c1-11-18-19-15(25-11)10-24-16(20)12-4-6-14(7-5-12)26(21,22)17-9-13-3-2-8-23-13/h2-8,17H,9-10H2,1H3. The molecule has 0 spiro atoms. The number of aromatic nitrogens is 2. The lowest BCUT2D eigenvalue weighted by Crippen LogP contribution is -2.23. The van der Waals surface area contributed by atoms with Crippen molar-refractivity contribution in [1.82, 2.24) is 14.9 Å². The summed E-state index contributed by atoms with van der Waals surface area (Å²) in [6.45, 7) is 1.49. The van der Waals surface area contributed by atoms with Gasteiger partial charge in [-0.2, -0.15) is 0 Å². The Hall–Kier alpha value is -2.98. The molecule has 2 aromatic heterocycles. The van der Waals surface area contributed by atoms with E-state index >= 15 is 0 Å². The second kappa shape index (κ2) is 7.50. The van der Waals surface area contributed by atoms with Crippen LogP contribution in [0.5, 0.6) is 0 Å². The largest absolute Gasteiger partial charge is 0.468 e. The Bertz CT molecular complexity index is 977. The van der Waals surface area contributed by atoms with Crippen LogP contribution in [0.15, 0.2) is 56.4 Å². The quantitative estimate of drug-likeness (QED) is 0.618. The van der Waals surface area contributed by atoms with Gasteiger partial charge in [0.2, 0.25) is 15.9 Å². The van der Waals surface area contributed by atoms with Crippen LogP contribution in [0.2, 0.25) is 0 Å². The lowest BCUT2D eigenvalue weighted by molar-refractivity contribution is 0.0436. The topological polar surface area (TPSA) is 125 Å². The van der Waals surface area contributed by atoms with Crippen molar-refractivity contribution in [2.75, 3.05) is 0 Å². The summed E-state index contributed by atoms with van der Waals surface area (Å²) in [6.07, 6.45) is 1.46. The number of hydrogen-bond donors (Lipinski definition) is 1. The molecule has 26 heavy (non-hydrogen) atoms. The molecular formula is C16H15N3O6S. The fourth-order valence-corrected chi connectivity index (χ4v) is 3.03. The molecule has 1 N–H and O–H groups in total. The summed E-state index contributed by atoms with van der Waals surface area (Å²) < 4.78 is 42.1. The molecule has 1 aromatic carbocycles. The van der Waals surface area contributed by atoms with Crippen LogP contribution < -0.4 is 4.72 Å². The maximum absolute atomic E-state index is 12.2. The Balaban J connectivity index is 1.60. The number of hydrogen-bond acceptors (Lipinski definition) is 8. The molecule has 0 aliphatic heterocycles. The van der Waals surface area contributed by atoms with Gasteiger partial charge in [0.05, 0.1) is 23.3 Å². The molecule has 0 aliphatic rings. The first-order valence-electron chi connectivity index (χ1n) is 7.52. The van der Waals surface area contributed by atoms with E-state index in [1.165, 1.54) is 30.5 Å². The molecule has 0 saturated carbocycles. The number of carbonyl (C=O) groups excluding carboxylic acids is 1. The number of aryl methyl sites for hydroxylation is 1. The lowest BCUT2D eigenvalue weighted by atomic mass is 10.2. The molecule has 0 saturated heterocycles. The number of benzene rings is 1. The Morgan fingerprint density at radius 1 is 1.19 bits per heavy atom. The van der Waals surface area contributed by atoms with E-state index in [1.54, 1.807) is 19.1 Å². The second-order valence-corrected chi connectivity index (χ2v) is 6.99. The molecule has 10 heteroatoms. The van der Waals surface area contributed by atoms with Gasteiger partial charge >= 0.3 is 5.97 Å². The molecule has 0 amide bonds. The molecule has 136 valence electrons. The predicted molar refractivity (Wildman–Crippen MR) is 87.3 cm³/mol. The number of rotatable bonds is 7. The van der Waals surface area contributed by atoms with Gasteiger partial charge in [0, 0.05) is 6.92 Å². The van der Waals surface area contributed by atoms with Crippen molar-refractivity contribution < 1.29 is 26.8 Å². The van der Waals surface area contributed by atoms with E-state index in [4.69, 9.17) is 13.6 Å². The van der Waals surface area contributed by atoms with Gasteiger partial charge in [0.25, 0.3) is 5.89 Å². The molecule has 9 nitrogen and oxygen atoms in total. The molecule has 0 radical (unpaired) electrons. The maximum Gasteiger partial charge on any atom is 0.338 e. The number of furan rings is 1. The van der Waals surface area contributed by atoms with Crippen LogP contribution in [0.3, 0.4) is 0 Å². The summed E-state index contributed by atoms with van der Waals surface area (Å²) in [4.78, 5) is 12.0. The van der Waals surface area contributed by atoms with E-state index in [0.717, 1.165) is 0 Å². The number of sulfonamides is 1. The zero-order valence-electron chi connectivity index (χ0n) is 13.7. The van der Waals surface area contributed by atoms with E-state index in [-0.39, 0.29) is 29.5 Å². The molecule has 0 unspecified atom stereocenters. The molecule has 0 atom stereocenters. The summed E-state index contributed by atoms with van der Waals surface area (Å²) in [5.41, 5.74) is 0.200. The Labute approximate surface area is 149 Å². The average Bonchev–Trinajstić information content (AvgIpc) is 3.30. The maximum atomic E-state index is 12.2. The first kappa shape index (κ1) is 17.8. The van der Waals surface area contributed by atoms with E-state index in [2.05, 4.69) is 14.9 Å². The van der Waals surface area contributed by atoms with Gasteiger partial charge in [0.15, 0.2) is 6.61 Å². The van der Waals surface area contributed by atoms with Crippen LogP contribution in [0.25, 0.3) is 0 Å². The second-order valence-electron chi connectivity index (χ2n) is 5.22. The van der Waals surface area contributed by atoms with Crippen molar-refractivity contribution in [3.05, 3.63) is 65.8 Å². The van der Waals surface area contributed by atoms with Crippen LogP contribution in [0.4, 0.5) is 0 Å². The van der Waals surface area contributed by atoms with Gasteiger partial charge < -0.3 is 13.6 Å². The molecule has 2 heterocycles. The third kappa shape index (κ3) is 4.35. The van der Waals surface area contributed by atoms with Crippen LogP contribution in [-0.2, 0) is 27.9 Å². The lowest BCUT2D eigenvalue weighted by Gasteiger charge is -2.06. The van der Waals surface area contributed by atoms with Gasteiger partial charge in [-0.05, 0) is 36.4 Å². The summed E-state index contributed by atoms with van der Waals surface area (Å²) in [7, 11) is -3.73. The highest BCUT2D eigenvalue weighted by Crippen LogP contribution is 2.13. The SMILES string of the molecule is Cc1nnc(COC(=O)c2ccc(S(=O)(=O)NCc3ccco3)cc2)o1. The van der Waals surface area contributed by atoms with Crippen molar-refractivity contribution in [1.29, 1.82) is 0 Å². The number of ether oxygens (including phenoxy) is 1. The minimum absolute atomic E-state index is 0.0214. The van der Waals surface area contributed by atoms with Gasteiger partial charge in [-0.15, -0.1) is 10.2 Å². The molecule has 0 aliphatic carbocycles. The van der Waals surface area contributed by atoms with Crippen molar-refractivity contribution in [3.63, 3.8) is 0 Å². The minimum Gasteiger partial charge on any atom is -0.468 e. The zero-order valence-corrected chi connectivity index (χ0v) is 14.5. The fourth-order valence-electron chi connectivity index (χ4n) is 2.04. The molecule has 3 aromatic rings. The summed E-state index contributed by atoms with van der Waals surface area (Å²) >= 11 is 0. The number of esters is 1. The highest BCUT2D eigenvalue weighted by molar-refractivity contribution is 7.89. The first-order chi connectivity index (χ1) is 12.4. The van der Waals surface area contributed by atoms with E-state index < -0.39 is 16.0 Å². The van der Waals surface area contributed by atoms with Crippen molar-refractivity contribution in [3.8, 4) is 0 Å². The molecule has 0 fully saturated rings. The van der Waals surface area contributed by atoms with E-state index in [9.17, 15) is 13.2 Å². The van der Waals surface area contributed by atoms with Crippen molar-refractivity contribution in [2.24, 2.45) is 0 Å². The van der Waals surface area contributed by atoms with Crippen molar-refractivity contribution in [2.45, 2.75) is 25.0 Å². The predicted octanol–water partition coefficient (Wildman–Crippen LogP) is 1.81. The van der Waals surface area contributed by atoms with Gasteiger partial charge in [0.1, 0.15) is 5.76 Å². The minimum atomic E-state index is -3.73. The Morgan fingerprint density at radius 2 is 1.96 bits per heavy atom. The van der Waals surface area contributed by atoms with Crippen LogP contribution >= 0.6 is 0 Å². The van der Waals surface area contributed by atoms with Gasteiger partial charge in [-0.1, -0.05) is 0 Å². The van der Waals surface area contributed by atoms with Gasteiger partial charge in [-0.25, -0.2) is 17.9 Å². The zero-order chi connectivity index (χ0) is 18.6. The Kier molecular flexibility index (Phi) is 5.14. The summed E-state index contributed by atoms with van der Waals surface area (Å²) in [5, 5.41) is 7.33. The molecular weight excluding hydrogens is 362 g/mol. The van der Waals surface area contributed by atoms with E-state index in [1.807, 2.05) is 0 Å². The van der Waals surface area contributed by atoms with Gasteiger partial charge in [-0.3, -0.25) is 0 Å². The summed E-state index contributed by atoms with van der Waals surface area (Å²) in [6, 6.07) is 8.69. The first-order valence-corrected chi connectivity index (χ1v) is 9.00. The van der Waals surface area contributed by atoms with Crippen LogP contribution in [-0.4, -0.2) is 24.6 Å². The highest BCUT2D eigenvalue weighted by atomic mass is 32.2. The smallest absolute Gasteiger partial charge is 0.338 e. The highest BCUT2D eigenvalue weighted by Gasteiger charge is 2.16. The molecule has 0 bridgehead atoms. The number of nitrogens with zero attached hydrogens (tertiary/aromatic N) is 2. The molecule has 3 rings (SSSR count). The van der Waals surface area contributed by atoms with E-state index in [0.29, 0.717) is 11.7 Å². The fraction of sp³-hybridized carbons (Fsp3) is 0.188. The third-order valence-electron chi connectivity index (χ3n) is 3.31. The van der Waals surface area contributed by atoms with Crippen LogP contribution in [0.1, 0.15) is 27.9 Å². The average molecular weight is 377 g/mol. The van der Waals surface area contributed by atoms with Crippen LogP contribution in [0, 0.1) is 6.92 Å². The monoisotopic (exact) mass is 377 g/mol. The third-order valence-corrected chi connectivity index (χ3v) is 4.73. The number of nitrogens with one attached hydrogen (secondary N) is 1. The Morgan fingerprint density at radius 3 is 2.58 bits per heavy atom. The van der Waals surface area contributed by atoms with Crippen molar-refractivity contribution >= 4 is 16.0 Å².